The molecule has 1 atom stereocenters. The van der Waals surface area contributed by atoms with E-state index in [1.54, 1.807) is 31.5 Å². The van der Waals surface area contributed by atoms with Gasteiger partial charge in [0, 0.05) is 24.7 Å². The number of aryl methyl sites for hydroxylation is 1. The molecule has 0 aliphatic carbocycles. The maximum absolute atomic E-state index is 13.0. The lowest BCUT2D eigenvalue weighted by Gasteiger charge is -2.14. The van der Waals surface area contributed by atoms with Gasteiger partial charge in [0.05, 0.1) is 20.6 Å². The molecule has 4 N–H and O–H groups in total. The number of rotatable bonds is 11. The first-order valence-electron chi connectivity index (χ1n) is 12.5. The standard InChI is InChI=1S/C27H30N4O4.C2HF3O2/c1-34-24-14-11-20(17-25(24)35-2)18-26(33)31-27(28)30-22(16-19-8-4-3-5-9-19)23(32)13-12-21-10-6-7-15-29-21;3-2(4,5)1(6)7/h3-11,14-15,17,22H,12-13,16,18H2,1-2H3,(H3,28,30,31,33);(H,6,7)/t22-;/m1./s1. The second-order valence-electron chi connectivity index (χ2n) is 8.72. The summed E-state index contributed by atoms with van der Waals surface area (Å²) < 4.78 is 42.2. The number of hydrogen-bond donors (Lipinski definition) is 3. The summed E-state index contributed by atoms with van der Waals surface area (Å²) in [6.07, 6.45) is -2.16. The minimum absolute atomic E-state index is 0.0630. The van der Waals surface area contributed by atoms with Crippen molar-refractivity contribution < 1.29 is 42.1 Å². The van der Waals surface area contributed by atoms with E-state index in [1.807, 2.05) is 48.5 Å². The largest absolute Gasteiger partial charge is 0.493 e. The van der Waals surface area contributed by atoms with Gasteiger partial charge < -0.3 is 20.3 Å². The van der Waals surface area contributed by atoms with Crippen LogP contribution in [0.25, 0.3) is 0 Å². The summed E-state index contributed by atoms with van der Waals surface area (Å²) in [5.41, 5.74) is 8.55. The minimum Gasteiger partial charge on any atom is -0.493 e. The molecule has 0 bridgehead atoms. The second-order valence-corrected chi connectivity index (χ2v) is 8.72. The van der Waals surface area contributed by atoms with Crippen molar-refractivity contribution in [1.82, 2.24) is 10.3 Å². The molecular weight excluding hydrogens is 557 g/mol. The van der Waals surface area contributed by atoms with Gasteiger partial charge >= 0.3 is 12.1 Å². The Kier molecular flexibility index (Phi) is 13.0. The number of carbonyl (C=O) groups excluding carboxylic acids is 2. The SMILES string of the molecule is COc1ccc(CC(=O)NC(N)=N[C@H](Cc2ccccc2)C(=O)CCc2ccccn2)cc1OC.O=C(O)C(F)(F)F. The summed E-state index contributed by atoms with van der Waals surface area (Å²) in [5, 5.41) is 9.72. The van der Waals surface area contributed by atoms with Crippen LogP contribution in [-0.4, -0.2) is 60.1 Å². The normalized spacial score (nSPS) is 11.9. The van der Waals surface area contributed by atoms with E-state index in [9.17, 15) is 22.8 Å². The Bertz CT molecular complexity index is 1350. The highest BCUT2D eigenvalue weighted by atomic mass is 19.4. The Morgan fingerprint density at radius 2 is 1.62 bits per heavy atom. The summed E-state index contributed by atoms with van der Waals surface area (Å²) in [6, 6.07) is 19.7. The van der Waals surface area contributed by atoms with Crippen LogP contribution in [0.3, 0.4) is 0 Å². The number of nitrogens with two attached hydrogens (primary N) is 1. The lowest BCUT2D eigenvalue weighted by atomic mass is 9.99. The highest BCUT2D eigenvalue weighted by Crippen LogP contribution is 2.27. The molecule has 224 valence electrons. The van der Waals surface area contributed by atoms with Crippen molar-refractivity contribution in [2.45, 2.75) is 37.9 Å². The number of guanidine groups is 1. The lowest BCUT2D eigenvalue weighted by Crippen LogP contribution is -2.40. The van der Waals surface area contributed by atoms with Gasteiger partial charge in [0.1, 0.15) is 6.04 Å². The summed E-state index contributed by atoms with van der Waals surface area (Å²) in [5.74, 6) is -2.17. The maximum atomic E-state index is 13.0. The molecule has 42 heavy (non-hydrogen) atoms. The number of nitrogens with one attached hydrogen (secondary N) is 1. The van der Waals surface area contributed by atoms with E-state index in [1.165, 1.54) is 7.11 Å². The monoisotopic (exact) mass is 588 g/mol. The predicted molar refractivity (Wildman–Crippen MR) is 148 cm³/mol. The number of nitrogens with zero attached hydrogens (tertiary/aromatic N) is 2. The van der Waals surface area contributed by atoms with Crippen molar-refractivity contribution >= 4 is 23.6 Å². The van der Waals surface area contributed by atoms with Gasteiger partial charge in [-0.25, -0.2) is 9.79 Å². The molecule has 0 radical (unpaired) electrons. The number of aromatic nitrogens is 1. The third-order valence-electron chi connectivity index (χ3n) is 5.61. The summed E-state index contributed by atoms with van der Waals surface area (Å²) in [6.45, 7) is 0. The van der Waals surface area contributed by atoms with E-state index >= 15 is 0 Å². The van der Waals surface area contributed by atoms with Crippen molar-refractivity contribution in [2.24, 2.45) is 10.7 Å². The molecule has 1 aromatic heterocycles. The average molecular weight is 589 g/mol. The number of halogens is 3. The number of alkyl halides is 3. The van der Waals surface area contributed by atoms with Crippen LogP contribution < -0.4 is 20.5 Å². The van der Waals surface area contributed by atoms with E-state index in [2.05, 4.69) is 15.3 Å². The van der Waals surface area contributed by atoms with Crippen molar-refractivity contribution in [3.63, 3.8) is 0 Å². The molecule has 1 amide bonds. The number of Topliss-reactive ketones (excluding diaryl/α,β-unsaturated/α-hetero) is 1. The number of benzene rings is 2. The third-order valence-corrected chi connectivity index (χ3v) is 5.61. The van der Waals surface area contributed by atoms with E-state index in [-0.39, 0.29) is 30.5 Å². The molecule has 10 nitrogen and oxygen atoms in total. The fourth-order valence-electron chi connectivity index (χ4n) is 3.60. The van der Waals surface area contributed by atoms with Gasteiger partial charge in [0.25, 0.3) is 0 Å². The van der Waals surface area contributed by atoms with Crippen molar-refractivity contribution in [3.8, 4) is 11.5 Å². The van der Waals surface area contributed by atoms with Crippen molar-refractivity contribution in [2.75, 3.05) is 14.2 Å². The zero-order chi connectivity index (χ0) is 31.1. The Balaban J connectivity index is 0.000000782. The number of ketones is 1. The highest BCUT2D eigenvalue weighted by Gasteiger charge is 2.38. The number of methoxy groups -OCH3 is 2. The molecule has 3 aromatic rings. The molecule has 0 fully saturated rings. The van der Waals surface area contributed by atoms with Crippen molar-refractivity contribution in [3.05, 3.63) is 89.7 Å². The third kappa shape index (κ3) is 11.7. The Morgan fingerprint density at radius 1 is 0.976 bits per heavy atom. The smallest absolute Gasteiger partial charge is 0.490 e. The van der Waals surface area contributed by atoms with Gasteiger partial charge in [-0.05, 0) is 41.8 Å². The average Bonchev–Trinajstić information content (AvgIpc) is 2.96. The minimum atomic E-state index is -5.08. The molecule has 0 unspecified atom stereocenters. The number of aliphatic carboxylic acids is 1. The van der Waals surface area contributed by atoms with Crippen LogP contribution in [-0.2, 0) is 33.6 Å². The first-order valence-corrected chi connectivity index (χ1v) is 12.5. The Labute approximate surface area is 240 Å². The van der Waals surface area contributed by atoms with E-state index in [4.69, 9.17) is 25.1 Å². The van der Waals surface area contributed by atoms with Gasteiger partial charge in [0.15, 0.2) is 23.2 Å². The maximum Gasteiger partial charge on any atom is 0.490 e. The predicted octanol–water partition coefficient (Wildman–Crippen LogP) is 3.52. The van der Waals surface area contributed by atoms with Crippen LogP contribution in [0.2, 0.25) is 0 Å². The van der Waals surface area contributed by atoms with Gasteiger partial charge in [-0.15, -0.1) is 0 Å². The molecule has 0 saturated carbocycles. The van der Waals surface area contributed by atoms with Crippen LogP contribution in [0.4, 0.5) is 13.2 Å². The number of ether oxygens (including phenoxy) is 2. The molecule has 2 aromatic carbocycles. The van der Waals surface area contributed by atoms with E-state index < -0.39 is 18.2 Å². The Hall–Kier alpha value is -4.94. The zero-order valence-corrected chi connectivity index (χ0v) is 22.9. The number of amides is 1. The molecule has 0 spiro atoms. The van der Waals surface area contributed by atoms with Gasteiger partial charge in [-0.3, -0.25) is 19.9 Å². The summed E-state index contributed by atoms with van der Waals surface area (Å²) in [7, 11) is 3.08. The van der Waals surface area contributed by atoms with Gasteiger partial charge in [-0.2, -0.15) is 13.2 Å². The number of carboxylic acid groups (broad SMARTS) is 1. The first-order chi connectivity index (χ1) is 19.9. The van der Waals surface area contributed by atoms with E-state index in [0.717, 1.165) is 16.8 Å². The molecule has 0 saturated heterocycles. The summed E-state index contributed by atoms with van der Waals surface area (Å²) >= 11 is 0. The number of carbonyl (C=O) groups is 3. The van der Waals surface area contributed by atoms with Crippen LogP contribution in [0.15, 0.2) is 77.9 Å². The number of hydrogen-bond acceptors (Lipinski definition) is 7. The zero-order valence-electron chi connectivity index (χ0n) is 22.9. The van der Waals surface area contributed by atoms with E-state index in [0.29, 0.717) is 24.3 Å². The van der Waals surface area contributed by atoms with Crippen LogP contribution in [0.1, 0.15) is 23.2 Å². The highest BCUT2D eigenvalue weighted by molar-refractivity contribution is 5.98. The van der Waals surface area contributed by atoms with Crippen LogP contribution in [0, 0.1) is 0 Å². The molecule has 13 heteroatoms. The number of aliphatic imine (C=N–C) groups is 1. The van der Waals surface area contributed by atoms with Gasteiger partial charge in [-0.1, -0.05) is 42.5 Å². The van der Waals surface area contributed by atoms with Crippen molar-refractivity contribution in [1.29, 1.82) is 0 Å². The molecule has 3 rings (SSSR count). The number of carboxylic acids is 1. The van der Waals surface area contributed by atoms with Crippen LogP contribution >= 0.6 is 0 Å². The quantitative estimate of drug-likeness (QED) is 0.227. The number of pyridine rings is 1. The molecule has 1 heterocycles. The molecular formula is C29H31F3N4O6. The van der Waals surface area contributed by atoms with Gasteiger partial charge in [0.2, 0.25) is 5.91 Å². The fraction of sp³-hybridized carbons (Fsp3) is 0.276. The lowest BCUT2D eigenvalue weighted by molar-refractivity contribution is -0.192. The van der Waals surface area contributed by atoms with Crippen LogP contribution in [0.5, 0.6) is 11.5 Å². The fourth-order valence-corrected chi connectivity index (χ4v) is 3.60. The second kappa shape index (κ2) is 16.4. The molecule has 0 aliphatic rings. The Morgan fingerprint density at radius 3 is 2.19 bits per heavy atom. The topological polar surface area (TPSA) is 153 Å². The first kappa shape index (κ1) is 33.3. The summed E-state index contributed by atoms with van der Waals surface area (Å²) in [4.78, 5) is 43.1. The molecule has 0 aliphatic heterocycles.